The second-order valence-corrected chi connectivity index (χ2v) is 6.33. The number of halogens is 3. The van der Waals surface area contributed by atoms with Crippen molar-refractivity contribution in [2.24, 2.45) is 0 Å². The van der Waals surface area contributed by atoms with Gasteiger partial charge in [-0.25, -0.2) is 4.79 Å². The second kappa shape index (κ2) is 8.82. The first-order valence-electron chi connectivity index (χ1n) is 7.18. The number of hydrogen-bond acceptors (Lipinski definition) is 4. The third-order valence-electron chi connectivity index (χ3n) is 3.11. The lowest BCUT2D eigenvalue weighted by Gasteiger charge is -2.15. The summed E-state index contributed by atoms with van der Waals surface area (Å²) in [4.78, 5) is 24.4. The van der Waals surface area contributed by atoms with Gasteiger partial charge in [-0.05, 0) is 31.2 Å². The number of anilines is 1. The lowest BCUT2D eigenvalue weighted by molar-refractivity contribution is -0.123. The van der Waals surface area contributed by atoms with Crippen molar-refractivity contribution in [3.05, 3.63) is 59.1 Å². The quantitative estimate of drug-likeness (QED) is 0.571. The maximum absolute atomic E-state index is 12.6. The molecular weight excluding hydrogens is 372 g/mol. The largest absolute Gasteiger partial charge is 0.449 e. The van der Waals surface area contributed by atoms with E-state index < -0.39 is 23.7 Å². The van der Waals surface area contributed by atoms with Crippen molar-refractivity contribution in [3.63, 3.8) is 0 Å². The zero-order chi connectivity index (χ0) is 18.4. The third-order valence-corrected chi connectivity index (χ3v) is 4.23. The van der Waals surface area contributed by atoms with E-state index in [9.17, 15) is 18.4 Å². The molecule has 2 aromatic rings. The Kier molecular flexibility index (Phi) is 6.78. The lowest BCUT2D eigenvalue weighted by Crippen LogP contribution is -2.30. The van der Waals surface area contributed by atoms with Gasteiger partial charge in [0, 0.05) is 4.90 Å². The summed E-state index contributed by atoms with van der Waals surface area (Å²) in [5.41, 5.74) is 0.357. The molecule has 0 radical (unpaired) electrons. The summed E-state index contributed by atoms with van der Waals surface area (Å²) in [5.74, 6) is -4.11. The summed E-state index contributed by atoms with van der Waals surface area (Å²) in [6.45, 7) is 1.38. The van der Waals surface area contributed by atoms with Crippen LogP contribution in [0.25, 0.3) is 0 Å². The third kappa shape index (κ3) is 5.44. The molecule has 4 nitrogen and oxygen atoms in total. The van der Waals surface area contributed by atoms with Crippen LogP contribution in [0.15, 0.2) is 53.4 Å². The molecule has 132 valence electrons. The van der Waals surface area contributed by atoms with E-state index in [1.807, 2.05) is 0 Å². The fraction of sp³-hybridized carbons (Fsp3) is 0.176. The molecular formula is C17H14ClF2NO3S. The first-order valence-corrected chi connectivity index (χ1v) is 8.44. The molecule has 1 amide bonds. The van der Waals surface area contributed by atoms with Crippen molar-refractivity contribution in [1.82, 2.24) is 0 Å². The molecule has 1 atom stereocenters. The average molecular weight is 386 g/mol. The average Bonchev–Trinajstić information content (AvgIpc) is 2.56. The summed E-state index contributed by atoms with van der Waals surface area (Å²) in [6.07, 6.45) is -1.13. The fourth-order valence-corrected chi connectivity index (χ4v) is 2.72. The van der Waals surface area contributed by atoms with E-state index in [1.54, 1.807) is 24.3 Å². The highest BCUT2D eigenvalue weighted by Gasteiger charge is 2.22. The molecule has 0 heterocycles. The van der Waals surface area contributed by atoms with Crippen LogP contribution < -0.4 is 5.32 Å². The standard InChI is InChI=1S/C17H14ClF2NO3S/c1-10(15(22)21-13-8-4-3-7-12(13)18)24-16(23)11-6-2-5-9-14(11)25-17(19)20/h2-10,17H,1H3,(H,21,22)/t10-/m0/s1. The number of rotatable bonds is 6. The van der Waals surface area contributed by atoms with Crippen LogP contribution in [-0.2, 0) is 9.53 Å². The van der Waals surface area contributed by atoms with E-state index in [-0.39, 0.29) is 22.2 Å². The van der Waals surface area contributed by atoms with Crippen molar-refractivity contribution in [2.75, 3.05) is 5.32 Å². The number of ether oxygens (including phenoxy) is 1. The normalized spacial score (nSPS) is 11.9. The zero-order valence-corrected chi connectivity index (χ0v) is 14.6. The Bertz CT molecular complexity index is 773. The zero-order valence-electron chi connectivity index (χ0n) is 13.0. The van der Waals surface area contributed by atoms with E-state index in [1.165, 1.54) is 31.2 Å². The Morgan fingerprint density at radius 3 is 2.44 bits per heavy atom. The minimum Gasteiger partial charge on any atom is -0.449 e. The smallest absolute Gasteiger partial charge is 0.340 e. The van der Waals surface area contributed by atoms with Crippen LogP contribution in [0.4, 0.5) is 14.5 Å². The Labute approximate surface area is 152 Å². The number of thioether (sulfide) groups is 1. The van der Waals surface area contributed by atoms with Crippen LogP contribution in [0.2, 0.25) is 5.02 Å². The highest BCUT2D eigenvalue weighted by Crippen LogP contribution is 2.29. The number of para-hydroxylation sites is 1. The van der Waals surface area contributed by atoms with E-state index in [4.69, 9.17) is 16.3 Å². The molecule has 8 heteroatoms. The SMILES string of the molecule is C[C@H](OC(=O)c1ccccc1SC(F)F)C(=O)Nc1ccccc1Cl. The van der Waals surface area contributed by atoms with Gasteiger partial charge in [-0.1, -0.05) is 47.6 Å². The van der Waals surface area contributed by atoms with Gasteiger partial charge in [0.15, 0.2) is 6.10 Å². The number of amides is 1. The number of alkyl halides is 2. The highest BCUT2D eigenvalue weighted by atomic mass is 35.5. The predicted molar refractivity (Wildman–Crippen MR) is 93.3 cm³/mol. The Morgan fingerprint density at radius 2 is 1.76 bits per heavy atom. The lowest BCUT2D eigenvalue weighted by atomic mass is 10.2. The van der Waals surface area contributed by atoms with Gasteiger partial charge < -0.3 is 10.1 Å². The Balaban J connectivity index is 2.05. The van der Waals surface area contributed by atoms with Crippen molar-refractivity contribution in [2.45, 2.75) is 23.7 Å². The van der Waals surface area contributed by atoms with Crippen molar-refractivity contribution in [3.8, 4) is 0 Å². The van der Waals surface area contributed by atoms with Gasteiger partial charge in [-0.3, -0.25) is 4.79 Å². The van der Waals surface area contributed by atoms with Crippen molar-refractivity contribution in [1.29, 1.82) is 0 Å². The number of esters is 1. The molecule has 0 saturated heterocycles. The molecule has 0 spiro atoms. The van der Waals surface area contributed by atoms with Crippen molar-refractivity contribution < 1.29 is 23.1 Å². The van der Waals surface area contributed by atoms with Gasteiger partial charge in [-0.15, -0.1) is 0 Å². The molecule has 0 aliphatic rings. The van der Waals surface area contributed by atoms with E-state index in [0.717, 1.165) is 0 Å². The number of carbonyl (C=O) groups is 2. The van der Waals surface area contributed by atoms with Crippen LogP contribution >= 0.6 is 23.4 Å². The van der Waals surface area contributed by atoms with Gasteiger partial charge in [0.05, 0.1) is 16.3 Å². The van der Waals surface area contributed by atoms with Crippen LogP contribution in [-0.4, -0.2) is 23.7 Å². The Morgan fingerprint density at radius 1 is 1.12 bits per heavy atom. The first-order chi connectivity index (χ1) is 11.9. The maximum Gasteiger partial charge on any atom is 0.340 e. The monoisotopic (exact) mass is 385 g/mol. The topological polar surface area (TPSA) is 55.4 Å². The van der Waals surface area contributed by atoms with E-state index >= 15 is 0 Å². The molecule has 2 rings (SSSR count). The molecule has 0 fully saturated rings. The predicted octanol–water partition coefficient (Wildman–Crippen LogP) is 4.84. The molecule has 0 aromatic heterocycles. The fourth-order valence-electron chi connectivity index (χ4n) is 1.91. The minimum absolute atomic E-state index is 0.0230. The molecule has 0 bridgehead atoms. The summed E-state index contributed by atoms with van der Waals surface area (Å²) < 4.78 is 30.2. The maximum atomic E-state index is 12.6. The van der Waals surface area contributed by atoms with Gasteiger partial charge in [0.1, 0.15) is 0 Å². The summed E-state index contributed by atoms with van der Waals surface area (Å²) in [7, 11) is 0. The number of hydrogen-bond donors (Lipinski definition) is 1. The van der Waals surface area contributed by atoms with Crippen LogP contribution in [0.3, 0.4) is 0 Å². The minimum atomic E-state index is -2.67. The van der Waals surface area contributed by atoms with E-state index in [2.05, 4.69) is 5.32 Å². The number of carbonyl (C=O) groups excluding carboxylic acids is 2. The van der Waals surface area contributed by atoms with Crippen LogP contribution in [0.5, 0.6) is 0 Å². The van der Waals surface area contributed by atoms with E-state index in [0.29, 0.717) is 10.7 Å². The highest BCUT2D eigenvalue weighted by molar-refractivity contribution is 7.99. The molecule has 0 aliphatic heterocycles. The number of nitrogens with one attached hydrogen (secondary N) is 1. The molecule has 0 saturated carbocycles. The second-order valence-electron chi connectivity index (χ2n) is 4.89. The van der Waals surface area contributed by atoms with Gasteiger partial charge in [0.25, 0.3) is 11.7 Å². The molecule has 2 aromatic carbocycles. The molecule has 0 aliphatic carbocycles. The number of benzene rings is 2. The van der Waals surface area contributed by atoms with Crippen LogP contribution in [0.1, 0.15) is 17.3 Å². The van der Waals surface area contributed by atoms with Gasteiger partial charge >= 0.3 is 5.97 Å². The first kappa shape index (κ1) is 19.2. The summed E-state index contributed by atoms with van der Waals surface area (Å²) in [5, 5.41) is 2.88. The Hall–Kier alpha value is -2.12. The summed E-state index contributed by atoms with van der Waals surface area (Å²) >= 11 is 6.19. The van der Waals surface area contributed by atoms with Gasteiger partial charge in [0.2, 0.25) is 0 Å². The van der Waals surface area contributed by atoms with Crippen molar-refractivity contribution >= 4 is 40.9 Å². The molecule has 1 N–H and O–H groups in total. The van der Waals surface area contributed by atoms with Crippen LogP contribution in [0, 0.1) is 0 Å². The van der Waals surface area contributed by atoms with Gasteiger partial charge in [-0.2, -0.15) is 8.78 Å². The summed E-state index contributed by atoms with van der Waals surface area (Å²) in [6, 6.07) is 12.4. The molecule has 25 heavy (non-hydrogen) atoms. The molecule has 0 unspecified atom stereocenters.